The first kappa shape index (κ1) is 11.6. The van der Waals surface area contributed by atoms with Crippen molar-refractivity contribution >= 4 is 11.5 Å². The molecule has 4 nitrogen and oxygen atoms in total. The number of benzene rings is 1. The number of Topliss-reactive ketones (excluding diaryl/α,β-unsaturated/α-hetero) is 1. The Bertz CT molecular complexity index is 448. The minimum absolute atomic E-state index is 0.111. The second-order valence-electron chi connectivity index (χ2n) is 3.98. The van der Waals surface area contributed by atoms with Gasteiger partial charge in [-0.1, -0.05) is 0 Å². The lowest BCUT2D eigenvalue weighted by Crippen LogP contribution is -2.13. The highest BCUT2D eigenvalue weighted by molar-refractivity contribution is 6.08. The topological polar surface area (TPSA) is 38.5 Å². The van der Waals surface area contributed by atoms with E-state index in [1.165, 1.54) is 0 Å². The maximum absolute atomic E-state index is 12.0. The molecule has 0 aromatic heterocycles. The SMILES string of the molecule is COc1ccc(C(=O)CC2=[N+](C)OCC2)cc1. The van der Waals surface area contributed by atoms with Gasteiger partial charge in [-0.2, -0.15) is 0 Å². The maximum Gasteiger partial charge on any atom is 0.215 e. The molecule has 0 radical (unpaired) electrons. The molecule has 0 N–H and O–H groups in total. The second-order valence-corrected chi connectivity index (χ2v) is 3.98. The number of ether oxygens (including phenoxy) is 1. The van der Waals surface area contributed by atoms with Gasteiger partial charge in [-0.3, -0.25) is 9.63 Å². The zero-order valence-corrected chi connectivity index (χ0v) is 10.1. The predicted molar refractivity (Wildman–Crippen MR) is 63.7 cm³/mol. The Morgan fingerprint density at radius 1 is 1.41 bits per heavy atom. The summed E-state index contributed by atoms with van der Waals surface area (Å²) in [4.78, 5) is 17.3. The van der Waals surface area contributed by atoms with E-state index in [2.05, 4.69) is 0 Å². The summed E-state index contributed by atoms with van der Waals surface area (Å²) in [5.74, 6) is 0.871. The average Bonchev–Trinajstić information content (AvgIpc) is 2.75. The molecule has 1 aromatic rings. The van der Waals surface area contributed by atoms with Gasteiger partial charge in [-0.25, -0.2) is 0 Å². The Labute approximate surface area is 100 Å². The molecule has 0 atom stereocenters. The van der Waals surface area contributed by atoms with Gasteiger partial charge in [0.15, 0.2) is 19.4 Å². The summed E-state index contributed by atoms with van der Waals surface area (Å²) in [5.41, 5.74) is 1.74. The van der Waals surface area contributed by atoms with Crippen molar-refractivity contribution in [3.8, 4) is 5.75 Å². The largest absolute Gasteiger partial charge is 0.497 e. The summed E-state index contributed by atoms with van der Waals surface area (Å²) < 4.78 is 6.75. The second kappa shape index (κ2) is 4.99. The Morgan fingerprint density at radius 3 is 2.65 bits per heavy atom. The van der Waals surface area contributed by atoms with Gasteiger partial charge in [-0.05, 0) is 29.0 Å². The first-order valence-corrected chi connectivity index (χ1v) is 5.59. The van der Waals surface area contributed by atoms with Crippen molar-refractivity contribution in [2.45, 2.75) is 12.8 Å². The summed E-state index contributed by atoms with van der Waals surface area (Å²) in [6.07, 6.45) is 1.25. The fourth-order valence-corrected chi connectivity index (χ4v) is 1.81. The van der Waals surface area contributed by atoms with Gasteiger partial charge in [0, 0.05) is 5.56 Å². The third kappa shape index (κ3) is 2.64. The monoisotopic (exact) mass is 234 g/mol. The number of nitrogens with zero attached hydrogens (tertiary/aromatic N) is 1. The molecule has 0 bridgehead atoms. The van der Waals surface area contributed by atoms with Gasteiger partial charge < -0.3 is 4.74 Å². The smallest absolute Gasteiger partial charge is 0.215 e. The highest BCUT2D eigenvalue weighted by Crippen LogP contribution is 2.14. The van der Waals surface area contributed by atoms with Crippen molar-refractivity contribution in [2.24, 2.45) is 0 Å². The molecule has 0 aliphatic carbocycles. The van der Waals surface area contributed by atoms with Crippen LogP contribution in [0.5, 0.6) is 5.75 Å². The van der Waals surface area contributed by atoms with Crippen molar-refractivity contribution in [1.82, 2.24) is 0 Å². The van der Waals surface area contributed by atoms with E-state index in [0.717, 1.165) is 17.9 Å². The van der Waals surface area contributed by atoms with Crippen molar-refractivity contribution < 1.29 is 19.1 Å². The van der Waals surface area contributed by atoms with Crippen LogP contribution in [-0.4, -0.2) is 37.0 Å². The number of hydroxylamine groups is 1. The lowest BCUT2D eigenvalue weighted by Gasteiger charge is -2.01. The van der Waals surface area contributed by atoms with E-state index in [0.29, 0.717) is 18.6 Å². The number of hydrogen-bond acceptors (Lipinski definition) is 3. The predicted octanol–water partition coefficient (Wildman–Crippen LogP) is 1.69. The van der Waals surface area contributed by atoms with E-state index in [9.17, 15) is 4.79 Å². The standard InChI is InChI=1S/C13H16NO3/c1-14-11(7-8-17-14)9-13(15)10-3-5-12(16-2)6-4-10/h3-6H,7-9H2,1-2H3/q+1. The van der Waals surface area contributed by atoms with Crippen molar-refractivity contribution in [3.05, 3.63) is 29.8 Å². The van der Waals surface area contributed by atoms with E-state index >= 15 is 0 Å². The zero-order valence-electron chi connectivity index (χ0n) is 10.1. The molecular formula is C13H16NO3+. The van der Waals surface area contributed by atoms with Crippen LogP contribution in [0.1, 0.15) is 23.2 Å². The summed E-state index contributed by atoms with van der Waals surface area (Å²) >= 11 is 0. The number of carbonyl (C=O) groups excluding carboxylic acids is 1. The van der Waals surface area contributed by atoms with Crippen molar-refractivity contribution in [3.63, 3.8) is 0 Å². The fourth-order valence-electron chi connectivity index (χ4n) is 1.81. The zero-order chi connectivity index (χ0) is 12.3. The lowest BCUT2D eigenvalue weighted by molar-refractivity contribution is -0.758. The van der Waals surface area contributed by atoms with Crippen LogP contribution in [0.15, 0.2) is 24.3 Å². The molecule has 4 heteroatoms. The van der Waals surface area contributed by atoms with Gasteiger partial charge in [0.2, 0.25) is 5.71 Å². The van der Waals surface area contributed by atoms with E-state index in [1.807, 2.05) is 7.05 Å². The molecule has 17 heavy (non-hydrogen) atoms. The van der Waals surface area contributed by atoms with Crippen molar-refractivity contribution in [1.29, 1.82) is 0 Å². The quantitative estimate of drug-likeness (QED) is 0.587. The molecule has 0 saturated heterocycles. The molecular weight excluding hydrogens is 218 g/mol. The molecule has 0 fully saturated rings. The molecule has 1 aliphatic heterocycles. The molecule has 1 heterocycles. The van der Waals surface area contributed by atoms with Crippen LogP contribution in [0.4, 0.5) is 0 Å². The maximum atomic E-state index is 12.0. The van der Waals surface area contributed by atoms with Gasteiger partial charge in [0.1, 0.15) is 5.75 Å². The molecule has 1 aliphatic rings. The molecule has 0 unspecified atom stereocenters. The third-order valence-corrected chi connectivity index (χ3v) is 2.90. The first-order chi connectivity index (χ1) is 8.20. The Kier molecular flexibility index (Phi) is 3.42. The molecule has 0 saturated carbocycles. The van der Waals surface area contributed by atoms with Crippen LogP contribution < -0.4 is 4.74 Å². The van der Waals surface area contributed by atoms with Gasteiger partial charge in [0.05, 0.1) is 20.0 Å². The van der Waals surface area contributed by atoms with Gasteiger partial charge in [0.25, 0.3) is 0 Å². The summed E-state index contributed by atoms with van der Waals surface area (Å²) in [7, 11) is 3.45. The highest BCUT2D eigenvalue weighted by Gasteiger charge is 2.24. The minimum Gasteiger partial charge on any atom is -0.497 e. The Hall–Kier alpha value is -1.84. The summed E-state index contributed by atoms with van der Waals surface area (Å²) in [6, 6.07) is 7.18. The normalized spacial score (nSPS) is 14.7. The summed E-state index contributed by atoms with van der Waals surface area (Å²) in [5, 5.41) is 0. The van der Waals surface area contributed by atoms with Crippen LogP contribution in [0.25, 0.3) is 0 Å². The minimum atomic E-state index is 0.111. The van der Waals surface area contributed by atoms with E-state index in [-0.39, 0.29) is 5.78 Å². The molecule has 90 valence electrons. The fraction of sp³-hybridized carbons (Fsp3) is 0.385. The highest BCUT2D eigenvalue weighted by atomic mass is 16.7. The van der Waals surface area contributed by atoms with Crippen LogP contribution >= 0.6 is 0 Å². The van der Waals surface area contributed by atoms with E-state index in [1.54, 1.807) is 36.1 Å². The van der Waals surface area contributed by atoms with Crippen LogP contribution in [0.2, 0.25) is 0 Å². The Morgan fingerprint density at radius 2 is 2.12 bits per heavy atom. The van der Waals surface area contributed by atoms with Crippen LogP contribution in [-0.2, 0) is 4.84 Å². The Balaban J connectivity index is 2.06. The molecule has 0 spiro atoms. The summed E-state index contributed by atoms with van der Waals surface area (Å²) in [6.45, 7) is 0.668. The van der Waals surface area contributed by atoms with Gasteiger partial charge >= 0.3 is 0 Å². The molecule has 1 aromatic carbocycles. The van der Waals surface area contributed by atoms with Crippen LogP contribution in [0.3, 0.4) is 0 Å². The average molecular weight is 234 g/mol. The van der Waals surface area contributed by atoms with Crippen molar-refractivity contribution in [2.75, 3.05) is 20.8 Å². The van der Waals surface area contributed by atoms with Crippen LogP contribution in [0, 0.1) is 0 Å². The van der Waals surface area contributed by atoms with E-state index < -0.39 is 0 Å². The van der Waals surface area contributed by atoms with Gasteiger partial charge in [-0.15, -0.1) is 0 Å². The number of carbonyl (C=O) groups is 1. The lowest BCUT2D eigenvalue weighted by atomic mass is 10.0. The third-order valence-electron chi connectivity index (χ3n) is 2.90. The van der Waals surface area contributed by atoms with E-state index in [4.69, 9.17) is 9.57 Å². The number of ketones is 1. The molecule has 2 rings (SSSR count). The first-order valence-electron chi connectivity index (χ1n) is 5.59. The number of hydrogen-bond donors (Lipinski definition) is 0. The number of rotatable bonds is 4. The number of methoxy groups -OCH3 is 1. The molecule has 0 amide bonds.